The molecule has 0 aliphatic heterocycles. The molecule has 0 saturated heterocycles. The molecule has 2 aromatic rings. The van der Waals surface area contributed by atoms with E-state index in [1.165, 1.54) is 36.7 Å². The number of amides is 1. The third kappa shape index (κ3) is 3.29. The minimum atomic E-state index is -3.71. The predicted molar refractivity (Wildman–Crippen MR) is 88.3 cm³/mol. The van der Waals surface area contributed by atoms with Crippen LogP contribution in [-0.4, -0.2) is 28.5 Å². The SMILES string of the molecule is COc1ccc(S(=O)(=O)N(C)c2ccc(C(N)=O)cc2C)cc1. The smallest absolute Gasteiger partial charge is 0.264 e. The van der Waals surface area contributed by atoms with E-state index in [2.05, 4.69) is 0 Å². The molecule has 0 bridgehead atoms. The van der Waals surface area contributed by atoms with Gasteiger partial charge in [0.2, 0.25) is 5.91 Å². The number of carbonyl (C=O) groups excluding carboxylic acids is 1. The molecule has 0 spiro atoms. The van der Waals surface area contributed by atoms with Gasteiger partial charge >= 0.3 is 0 Å². The molecule has 2 rings (SSSR count). The van der Waals surface area contributed by atoms with Crippen LogP contribution in [0.15, 0.2) is 47.4 Å². The van der Waals surface area contributed by atoms with Gasteiger partial charge in [-0.1, -0.05) is 0 Å². The van der Waals surface area contributed by atoms with E-state index in [0.29, 0.717) is 22.6 Å². The predicted octanol–water partition coefficient (Wildman–Crippen LogP) is 1.93. The van der Waals surface area contributed by atoms with Crippen molar-refractivity contribution in [2.24, 2.45) is 5.73 Å². The Labute approximate surface area is 135 Å². The summed E-state index contributed by atoms with van der Waals surface area (Å²) in [6.07, 6.45) is 0. The summed E-state index contributed by atoms with van der Waals surface area (Å²) in [4.78, 5) is 11.3. The Hall–Kier alpha value is -2.54. The number of primary amides is 1. The first-order chi connectivity index (χ1) is 10.8. The topological polar surface area (TPSA) is 89.7 Å². The lowest BCUT2D eigenvalue weighted by Gasteiger charge is -2.22. The summed E-state index contributed by atoms with van der Waals surface area (Å²) in [6.45, 7) is 1.72. The van der Waals surface area contributed by atoms with Crippen LogP contribution < -0.4 is 14.8 Å². The molecule has 0 fully saturated rings. The maximum Gasteiger partial charge on any atom is 0.264 e. The van der Waals surface area contributed by atoms with Gasteiger partial charge in [0.15, 0.2) is 0 Å². The highest BCUT2D eigenvalue weighted by Crippen LogP contribution is 2.27. The van der Waals surface area contributed by atoms with Gasteiger partial charge < -0.3 is 10.5 Å². The van der Waals surface area contributed by atoms with E-state index in [4.69, 9.17) is 10.5 Å². The fourth-order valence-electron chi connectivity index (χ4n) is 2.20. The van der Waals surface area contributed by atoms with Crippen molar-refractivity contribution in [3.05, 3.63) is 53.6 Å². The van der Waals surface area contributed by atoms with Crippen LogP contribution in [0.25, 0.3) is 0 Å². The first-order valence-corrected chi connectivity index (χ1v) is 8.25. The third-order valence-electron chi connectivity index (χ3n) is 3.54. The molecule has 2 aromatic carbocycles. The van der Waals surface area contributed by atoms with E-state index >= 15 is 0 Å². The monoisotopic (exact) mass is 334 g/mol. The van der Waals surface area contributed by atoms with Crippen molar-refractivity contribution in [3.63, 3.8) is 0 Å². The molecule has 0 aliphatic rings. The fourth-order valence-corrected chi connectivity index (χ4v) is 3.46. The van der Waals surface area contributed by atoms with Gasteiger partial charge in [-0.05, 0) is 55.0 Å². The van der Waals surface area contributed by atoms with Crippen molar-refractivity contribution < 1.29 is 17.9 Å². The number of hydrogen-bond acceptors (Lipinski definition) is 4. The molecule has 2 N–H and O–H groups in total. The van der Waals surface area contributed by atoms with Gasteiger partial charge in [0.25, 0.3) is 10.0 Å². The molecule has 6 nitrogen and oxygen atoms in total. The molecule has 23 heavy (non-hydrogen) atoms. The van der Waals surface area contributed by atoms with Gasteiger partial charge in [-0.2, -0.15) is 0 Å². The molecule has 0 aliphatic carbocycles. The zero-order chi connectivity index (χ0) is 17.2. The zero-order valence-electron chi connectivity index (χ0n) is 13.1. The summed E-state index contributed by atoms with van der Waals surface area (Å²) in [6, 6.07) is 10.8. The number of aryl methyl sites for hydroxylation is 1. The number of methoxy groups -OCH3 is 1. The van der Waals surface area contributed by atoms with Crippen LogP contribution in [0, 0.1) is 6.92 Å². The van der Waals surface area contributed by atoms with Crippen LogP contribution in [0.5, 0.6) is 5.75 Å². The number of rotatable bonds is 5. The van der Waals surface area contributed by atoms with E-state index in [0.717, 1.165) is 0 Å². The second-order valence-electron chi connectivity index (χ2n) is 5.01. The fraction of sp³-hybridized carbons (Fsp3) is 0.188. The minimum Gasteiger partial charge on any atom is -0.497 e. The summed E-state index contributed by atoms with van der Waals surface area (Å²) >= 11 is 0. The quantitative estimate of drug-likeness (QED) is 0.904. The van der Waals surface area contributed by atoms with Crippen molar-refractivity contribution >= 4 is 21.6 Å². The second kappa shape index (κ2) is 6.29. The van der Waals surface area contributed by atoms with Crippen LogP contribution in [0.3, 0.4) is 0 Å². The second-order valence-corrected chi connectivity index (χ2v) is 6.98. The van der Waals surface area contributed by atoms with E-state index in [9.17, 15) is 13.2 Å². The van der Waals surface area contributed by atoms with Crippen molar-refractivity contribution in [3.8, 4) is 5.75 Å². The van der Waals surface area contributed by atoms with Crippen LogP contribution in [0.1, 0.15) is 15.9 Å². The summed E-state index contributed by atoms with van der Waals surface area (Å²) in [5.41, 5.74) is 6.68. The Morgan fingerprint density at radius 3 is 2.22 bits per heavy atom. The molecular weight excluding hydrogens is 316 g/mol. The van der Waals surface area contributed by atoms with Crippen molar-refractivity contribution in [1.29, 1.82) is 0 Å². The number of nitrogens with zero attached hydrogens (tertiary/aromatic N) is 1. The van der Waals surface area contributed by atoms with Crippen molar-refractivity contribution in [1.82, 2.24) is 0 Å². The highest BCUT2D eigenvalue weighted by molar-refractivity contribution is 7.92. The zero-order valence-corrected chi connectivity index (χ0v) is 13.9. The average Bonchev–Trinajstić information content (AvgIpc) is 2.54. The molecule has 0 unspecified atom stereocenters. The van der Waals surface area contributed by atoms with Crippen molar-refractivity contribution in [2.45, 2.75) is 11.8 Å². The Morgan fingerprint density at radius 1 is 1.13 bits per heavy atom. The standard InChI is InChI=1S/C16H18N2O4S/c1-11-10-12(16(17)19)4-9-15(11)18(2)23(20,21)14-7-5-13(22-3)6-8-14/h4-10H,1-3H3,(H2,17,19). The molecule has 122 valence electrons. The highest BCUT2D eigenvalue weighted by atomic mass is 32.2. The first-order valence-electron chi connectivity index (χ1n) is 6.81. The maximum atomic E-state index is 12.7. The van der Waals surface area contributed by atoms with Gasteiger partial charge in [-0.15, -0.1) is 0 Å². The van der Waals surface area contributed by atoms with Gasteiger partial charge in [-0.25, -0.2) is 8.42 Å². The summed E-state index contributed by atoms with van der Waals surface area (Å²) < 4.78 is 31.6. The van der Waals surface area contributed by atoms with E-state index in [1.54, 1.807) is 31.2 Å². The van der Waals surface area contributed by atoms with E-state index in [-0.39, 0.29) is 4.90 Å². The average molecular weight is 334 g/mol. The van der Waals surface area contributed by atoms with E-state index in [1.807, 2.05) is 0 Å². The molecule has 0 aromatic heterocycles. The van der Waals surface area contributed by atoms with Crippen molar-refractivity contribution in [2.75, 3.05) is 18.5 Å². The molecule has 0 saturated carbocycles. The lowest BCUT2D eigenvalue weighted by atomic mass is 10.1. The van der Waals surface area contributed by atoms with Crippen LogP contribution >= 0.6 is 0 Å². The normalized spacial score (nSPS) is 11.1. The van der Waals surface area contributed by atoms with Gasteiger partial charge in [0.1, 0.15) is 5.75 Å². The number of ether oxygens (including phenoxy) is 1. The molecule has 0 atom stereocenters. The van der Waals surface area contributed by atoms with Gasteiger partial charge in [0.05, 0.1) is 17.7 Å². The highest BCUT2D eigenvalue weighted by Gasteiger charge is 2.22. The minimum absolute atomic E-state index is 0.152. The molecule has 7 heteroatoms. The molecule has 1 amide bonds. The number of hydrogen-bond donors (Lipinski definition) is 1. The number of anilines is 1. The molecule has 0 radical (unpaired) electrons. The van der Waals surface area contributed by atoms with Crippen LogP contribution in [0.2, 0.25) is 0 Å². The largest absolute Gasteiger partial charge is 0.497 e. The Balaban J connectivity index is 2.41. The number of nitrogens with two attached hydrogens (primary N) is 1. The number of sulfonamides is 1. The summed E-state index contributed by atoms with van der Waals surface area (Å²) in [5.74, 6) is 0.0221. The maximum absolute atomic E-state index is 12.7. The number of carbonyl (C=O) groups is 1. The van der Waals surface area contributed by atoms with Gasteiger partial charge in [0, 0.05) is 12.6 Å². The van der Waals surface area contributed by atoms with E-state index < -0.39 is 15.9 Å². The lowest BCUT2D eigenvalue weighted by Crippen LogP contribution is -2.27. The summed E-state index contributed by atoms with van der Waals surface area (Å²) in [5, 5.41) is 0. The van der Waals surface area contributed by atoms with Crippen LogP contribution in [-0.2, 0) is 10.0 Å². The Bertz CT molecular complexity index is 830. The summed E-state index contributed by atoms with van der Waals surface area (Å²) in [7, 11) is -0.734. The lowest BCUT2D eigenvalue weighted by molar-refractivity contribution is 0.1000. The number of benzene rings is 2. The van der Waals surface area contributed by atoms with Crippen LogP contribution in [0.4, 0.5) is 5.69 Å². The molecule has 0 heterocycles. The van der Waals surface area contributed by atoms with Gasteiger partial charge in [-0.3, -0.25) is 9.10 Å². The third-order valence-corrected chi connectivity index (χ3v) is 5.32. The Kier molecular flexibility index (Phi) is 4.60. The first kappa shape index (κ1) is 16.8. The molecular formula is C16H18N2O4S. The Morgan fingerprint density at radius 2 is 1.74 bits per heavy atom.